The van der Waals surface area contributed by atoms with Crippen molar-refractivity contribution < 1.29 is 4.79 Å². The van der Waals surface area contributed by atoms with Gasteiger partial charge in [-0.15, -0.1) is 0 Å². The van der Waals surface area contributed by atoms with Gasteiger partial charge in [0.05, 0.1) is 0 Å². The molecule has 17 heavy (non-hydrogen) atoms. The van der Waals surface area contributed by atoms with E-state index in [0.717, 1.165) is 25.1 Å². The van der Waals surface area contributed by atoms with Crippen LogP contribution in [-0.2, 0) is 4.79 Å². The van der Waals surface area contributed by atoms with Gasteiger partial charge in [0.2, 0.25) is 5.91 Å². The highest BCUT2D eigenvalue weighted by molar-refractivity contribution is 5.94. The first-order chi connectivity index (χ1) is 8.10. The smallest absolute Gasteiger partial charge is 0.226 e. The van der Waals surface area contributed by atoms with E-state index in [9.17, 15) is 4.79 Å². The summed E-state index contributed by atoms with van der Waals surface area (Å²) in [6.07, 6.45) is 2.69. The zero-order valence-electron chi connectivity index (χ0n) is 11.4. The lowest BCUT2D eigenvalue weighted by Gasteiger charge is -2.23. The Morgan fingerprint density at radius 2 is 1.94 bits per heavy atom. The van der Waals surface area contributed by atoms with Gasteiger partial charge in [0.25, 0.3) is 0 Å². The lowest BCUT2D eigenvalue weighted by atomic mass is 10.1. The minimum absolute atomic E-state index is 0.239. The van der Waals surface area contributed by atoms with Gasteiger partial charge in [-0.05, 0) is 44.4 Å². The predicted molar refractivity (Wildman–Crippen MR) is 73.5 cm³/mol. The van der Waals surface area contributed by atoms with Crippen LogP contribution in [0.25, 0.3) is 0 Å². The quantitative estimate of drug-likeness (QED) is 0.756. The predicted octanol–water partition coefficient (Wildman–Crippen LogP) is 3.85. The Kier molecular flexibility index (Phi) is 5.20. The van der Waals surface area contributed by atoms with E-state index in [1.54, 1.807) is 0 Å². The van der Waals surface area contributed by atoms with Crippen molar-refractivity contribution in [2.45, 2.75) is 47.0 Å². The zero-order chi connectivity index (χ0) is 12.8. The molecule has 0 aliphatic carbocycles. The van der Waals surface area contributed by atoms with Gasteiger partial charge in [-0.25, -0.2) is 0 Å². The maximum Gasteiger partial charge on any atom is 0.226 e. The van der Waals surface area contributed by atoms with Crippen LogP contribution in [0.4, 0.5) is 5.69 Å². The van der Waals surface area contributed by atoms with E-state index in [4.69, 9.17) is 0 Å². The second-order valence-corrected chi connectivity index (χ2v) is 4.53. The minimum atomic E-state index is 0.239. The molecule has 0 fully saturated rings. The maximum atomic E-state index is 12.1. The van der Waals surface area contributed by atoms with Crippen molar-refractivity contribution >= 4 is 11.6 Å². The molecular weight excluding hydrogens is 210 g/mol. The fraction of sp³-hybridized carbons (Fsp3) is 0.533. The van der Waals surface area contributed by atoms with Crippen LogP contribution in [0.15, 0.2) is 18.2 Å². The Morgan fingerprint density at radius 3 is 2.53 bits per heavy atom. The molecule has 0 saturated carbocycles. The number of unbranched alkanes of at least 4 members (excludes halogenated alkanes) is 1. The molecule has 0 radical (unpaired) electrons. The first-order valence-corrected chi connectivity index (χ1v) is 6.47. The molecule has 2 heteroatoms. The van der Waals surface area contributed by atoms with E-state index in [-0.39, 0.29) is 5.91 Å². The van der Waals surface area contributed by atoms with E-state index < -0.39 is 0 Å². The third kappa shape index (κ3) is 3.58. The molecule has 0 N–H and O–H groups in total. The Hall–Kier alpha value is -1.31. The third-order valence-electron chi connectivity index (χ3n) is 3.02. The molecular formula is C15H23NO. The topological polar surface area (TPSA) is 20.3 Å². The van der Waals surface area contributed by atoms with Crippen LogP contribution >= 0.6 is 0 Å². The number of nitrogens with zero attached hydrogens (tertiary/aromatic N) is 1. The van der Waals surface area contributed by atoms with Gasteiger partial charge in [-0.1, -0.05) is 25.5 Å². The fourth-order valence-corrected chi connectivity index (χ4v) is 1.95. The average Bonchev–Trinajstić information content (AvgIpc) is 2.32. The van der Waals surface area contributed by atoms with E-state index in [0.29, 0.717) is 6.42 Å². The Morgan fingerprint density at radius 1 is 1.24 bits per heavy atom. The first kappa shape index (κ1) is 13.8. The van der Waals surface area contributed by atoms with Gasteiger partial charge in [0.15, 0.2) is 0 Å². The van der Waals surface area contributed by atoms with Gasteiger partial charge in [-0.3, -0.25) is 4.79 Å². The average molecular weight is 233 g/mol. The standard InChI is InChI=1S/C15H23NO/c1-5-7-8-15(17)16(6-2)14-11-12(3)9-10-13(14)4/h9-11H,5-8H2,1-4H3. The lowest BCUT2D eigenvalue weighted by molar-refractivity contribution is -0.118. The summed E-state index contributed by atoms with van der Waals surface area (Å²) in [5.41, 5.74) is 3.43. The summed E-state index contributed by atoms with van der Waals surface area (Å²) in [4.78, 5) is 14.0. The molecule has 0 saturated heterocycles. The van der Waals surface area contributed by atoms with Crippen molar-refractivity contribution in [3.05, 3.63) is 29.3 Å². The van der Waals surface area contributed by atoms with Crippen molar-refractivity contribution in [2.75, 3.05) is 11.4 Å². The summed E-state index contributed by atoms with van der Waals surface area (Å²) in [6.45, 7) is 9.01. The first-order valence-electron chi connectivity index (χ1n) is 6.47. The van der Waals surface area contributed by atoms with Crippen molar-refractivity contribution in [1.29, 1.82) is 0 Å². The number of anilines is 1. The largest absolute Gasteiger partial charge is 0.312 e. The highest BCUT2D eigenvalue weighted by Gasteiger charge is 2.15. The number of carbonyl (C=O) groups excluding carboxylic acids is 1. The highest BCUT2D eigenvalue weighted by Crippen LogP contribution is 2.22. The molecule has 1 amide bonds. The zero-order valence-corrected chi connectivity index (χ0v) is 11.4. The number of carbonyl (C=O) groups is 1. The minimum Gasteiger partial charge on any atom is -0.312 e. The van der Waals surface area contributed by atoms with E-state index >= 15 is 0 Å². The number of hydrogen-bond acceptors (Lipinski definition) is 1. The van der Waals surface area contributed by atoms with Crippen LogP contribution in [0.1, 0.15) is 44.2 Å². The third-order valence-corrected chi connectivity index (χ3v) is 3.02. The molecule has 0 aromatic heterocycles. The number of amides is 1. The lowest BCUT2D eigenvalue weighted by Crippen LogP contribution is -2.31. The Bertz CT molecular complexity index is 385. The van der Waals surface area contributed by atoms with Crippen molar-refractivity contribution in [3.63, 3.8) is 0 Å². The number of hydrogen-bond donors (Lipinski definition) is 0. The Balaban J connectivity index is 2.92. The van der Waals surface area contributed by atoms with E-state index in [2.05, 4.69) is 39.0 Å². The van der Waals surface area contributed by atoms with Crippen LogP contribution in [0.5, 0.6) is 0 Å². The molecule has 0 unspecified atom stereocenters. The molecule has 0 bridgehead atoms. The van der Waals surface area contributed by atoms with Crippen molar-refractivity contribution in [2.24, 2.45) is 0 Å². The van der Waals surface area contributed by atoms with Gasteiger partial charge in [0.1, 0.15) is 0 Å². The van der Waals surface area contributed by atoms with Crippen LogP contribution < -0.4 is 4.90 Å². The number of aryl methyl sites for hydroxylation is 2. The van der Waals surface area contributed by atoms with Crippen LogP contribution in [0, 0.1) is 13.8 Å². The van der Waals surface area contributed by atoms with Crippen LogP contribution in [-0.4, -0.2) is 12.5 Å². The molecule has 94 valence electrons. The molecule has 0 heterocycles. The Labute approximate surface area is 105 Å². The summed E-state index contributed by atoms with van der Waals surface area (Å²) < 4.78 is 0. The molecule has 1 aromatic carbocycles. The summed E-state index contributed by atoms with van der Waals surface area (Å²) in [7, 11) is 0. The summed E-state index contributed by atoms with van der Waals surface area (Å²) >= 11 is 0. The van der Waals surface area contributed by atoms with Crippen molar-refractivity contribution in [3.8, 4) is 0 Å². The van der Waals surface area contributed by atoms with Gasteiger partial charge < -0.3 is 4.90 Å². The summed E-state index contributed by atoms with van der Waals surface area (Å²) in [5.74, 6) is 0.239. The molecule has 0 atom stereocenters. The second-order valence-electron chi connectivity index (χ2n) is 4.53. The molecule has 0 aliphatic rings. The van der Waals surface area contributed by atoms with Crippen molar-refractivity contribution in [1.82, 2.24) is 0 Å². The molecule has 2 nitrogen and oxygen atoms in total. The molecule has 0 aliphatic heterocycles. The van der Waals surface area contributed by atoms with Gasteiger partial charge in [0, 0.05) is 18.7 Å². The molecule has 1 rings (SSSR count). The molecule has 0 spiro atoms. The van der Waals surface area contributed by atoms with E-state index in [1.165, 1.54) is 11.1 Å². The molecule has 1 aromatic rings. The van der Waals surface area contributed by atoms with Crippen LogP contribution in [0.3, 0.4) is 0 Å². The van der Waals surface area contributed by atoms with Gasteiger partial charge >= 0.3 is 0 Å². The SMILES string of the molecule is CCCCC(=O)N(CC)c1cc(C)ccc1C. The fourth-order valence-electron chi connectivity index (χ4n) is 1.95. The maximum absolute atomic E-state index is 12.1. The normalized spacial score (nSPS) is 10.4. The van der Waals surface area contributed by atoms with Gasteiger partial charge in [-0.2, -0.15) is 0 Å². The number of benzene rings is 1. The number of rotatable bonds is 5. The summed E-state index contributed by atoms with van der Waals surface area (Å²) in [6, 6.07) is 6.27. The monoisotopic (exact) mass is 233 g/mol. The second kappa shape index (κ2) is 6.43. The highest BCUT2D eigenvalue weighted by atomic mass is 16.2. The van der Waals surface area contributed by atoms with Crippen LogP contribution in [0.2, 0.25) is 0 Å². The van der Waals surface area contributed by atoms with E-state index in [1.807, 2.05) is 11.8 Å². The summed E-state index contributed by atoms with van der Waals surface area (Å²) in [5, 5.41) is 0.